The second-order valence-electron chi connectivity index (χ2n) is 15.7. The van der Waals surface area contributed by atoms with Crippen LogP contribution in [-0.4, -0.2) is 15.0 Å². The number of pyridine rings is 3. The van der Waals surface area contributed by atoms with E-state index in [4.69, 9.17) is 5.48 Å². The van der Waals surface area contributed by atoms with E-state index < -0.39 is 12.7 Å². The topological polar surface area (TPSA) is 62.5 Å². The molecule has 0 unspecified atom stereocenters. The summed E-state index contributed by atoms with van der Waals surface area (Å²) in [5.41, 5.74) is 16.9. The van der Waals surface area contributed by atoms with Gasteiger partial charge in [-0.05, 0) is 107 Å². The molecule has 6 aromatic carbocycles. The number of rotatable bonds is 12. The molecule has 3 heterocycles. The maximum Gasteiger partial charge on any atom is 3.00 e. The second kappa shape index (κ2) is 19.5. The molecule has 0 radical (unpaired) electrons. The van der Waals surface area contributed by atoms with Crippen LogP contribution >= 0.6 is 0 Å². The van der Waals surface area contributed by atoms with Gasteiger partial charge in [-0.25, -0.2) is 0 Å². The SMILES string of the molecule is [2H]C1([2H])CC([2H])([2H])c2cc(-c3[c-]cc(-c4ccccc4-c4cc(CCc5c[c-]c(-c6ccccn6)cc5)cc(CCc5c[c-]c(-c6ccccn6)cc5)c4)c(-c4ccc(C#N)cc4)c3)ncc21.[Ir+3]. The molecule has 0 bridgehead atoms. The molecule has 4 nitrogen and oxygen atoms in total. The average molecular weight is 1000 g/mol. The molecule has 0 saturated heterocycles. The summed E-state index contributed by atoms with van der Waals surface area (Å²) in [5.74, 6) is 0. The zero-order valence-electron chi connectivity index (χ0n) is 38.9. The quantitative estimate of drug-likeness (QED) is 0.114. The summed E-state index contributed by atoms with van der Waals surface area (Å²) in [4.78, 5) is 13.7. The summed E-state index contributed by atoms with van der Waals surface area (Å²) >= 11 is 0. The van der Waals surface area contributed by atoms with Crippen LogP contribution in [0.25, 0.3) is 67.2 Å². The summed E-state index contributed by atoms with van der Waals surface area (Å²) in [7, 11) is 0. The first-order valence-corrected chi connectivity index (χ1v) is 21.2. The molecule has 3 aromatic heterocycles. The van der Waals surface area contributed by atoms with Crippen molar-refractivity contribution in [3.63, 3.8) is 0 Å². The predicted molar refractivity (Wildman–Crippen MR) is 253 cm³/mol. The Labute approximate surface area is 395 Å². The summed E-state index contributed by atoms with van der Waals surface area (Å²) in [5, 5.41) is 9.67. The van der Waals surface area contributed by atoms with E-state index in [-0.39, 0.29) is 32.1 Å². The predicted octanol–water partition coefficient (Wildman–Crippen LogP) is 13.2. The first-order valence-electron chi connectivity index (χ1n) is 23.2. The largest absolute Gasteiger partial charge is 3.00 e. The average Bonchev–Trinajstić information content (AvgIpc) is 3.57. The molecule has 5 heteroatoms. The Hall–Kier alpha value is -7.09. The fourth-order valence-electron chi connectivity index (χ4n) is 8.29. The normalized spacial score (nSPS) is 14.2. The van der Waals surface area contributed by atoms with Gasteiger partial charge in [-0.15, -0.1) is 94.5 Å². The maximum atomic E-state index is 9.67. The van der Waals surface area contributed by atoms with Crippen molar-refractivity contribution >= 4 is 0 Å². The standard InChI is InChI=1S/C59H43N4.Ir/c60-39-43-22-24-46(25-23-43)56-37-50(59-38-49-8-7-9-51(49)40-63-59)30-31-55(56)54-11-2-1-10-53(54)52-35-44(16-14-41-18-26-47(27-19-41)57-12-3-5-32-61-57)34-45(36-52)17-15-42-20-28-48(29-21-42)58-13-4-6-33-62-58;/h1-6,10-13,18-26,28,31-38,40H,7-9,14-17H2;/q-3;+3/i8D2,9D2;. The van der Waals surface area contributed by atoms with Crippen molar-refractivity contribution in [2.45, 2.75) is 44.8 Å². The van der Waals surface area contributed by atoms with E-state index in [0.717, 1.165) is 81.6 Å². The molecule has 0 atom stereocenters. The van der Waals surface area contributed by atoms with Gasteiger partial charge < -0.3 is 15.0 Å². The van der Waals surface area contributed by atoms with Gasteiger partial charge in [0.05, 0.1) is 11.6 Å². The van der Waals surface area contributed by atoms with Crippen LogP contribution in [0.3, 0.4) is 0 Å². The number of aryl methyl sites for hydroxylation is 6. The third-order valence-electron chi connectivity index (χ3n) is 11.6. The van der Waals surface area contributed by atoms with E-state index >= 15 is 0 Å². The Morgan fingerprint density at radius 1 is 0.484 bits per heavy atom. The Morgan fingerprint density at radius 3 is 1.67 bits per heavy atom. The van der Waals surface area contributed by atoms with Gasteiger partial charge in [0, 0.05) is 24.1 Å². The zero-order chi connectivity index (χ0) is 46.0. The van der Waals surface area contributed by atoms with E-state index in [1.165, 1.54) is 28.5 Å². The molecule has 0 N–H and O–H groups in total. The molecule has 0 saturated carbocycles. The van der Waals surface area contributed by atoms with E-state index in [1.54, 1.807) is 18.5 Å². The van der Waals surface area contributed by atoms with Gasteiger partial charge in [-0.1, -0.05) is 120 Å². The number of fused-ring (bicyclic) bond motifs is 1. The summed E-state index contributed by atoms with van der Waals surface area (Å²) in [6.45, 7) is 0. The first kappa shape index (κ1) is 37.5. The minimum Gasteiger partial charge on any atom is -0.305 e. The van der Waals surface area contributed by atoms with Crippen LogP contribution in [0, 0.1) is 29.5 Å². The molecule has 0 aliphatic heterocycles. The van der Waals surface area contributed by atoms with Crippen molar-refractivity contribution in [1.82, 2.24) is 15.0 Å². The van der Waals surface area contributed by atoms with Crippen molar-refractivity contribution < 1.29 is 25.6 Å². The maximum absolute atomic E-state index is 9.67. The molecule has 64 heavy (non-hydrogen) atoms. The van der Waals surface area contributed by atoms with Crippen LogP contribution in [-0.2, 0) is 58.5 Å². The minimum absolute atomic E-state index is 0. The van der Waals surface area contributed by atoms with Crippen LogP contribution in [0.5, 0.6) is 0 Å². The van der Waals surface area contributed by atoms with Crippen molar-refractivity contribution in [3.05, 3.63) is 233 Å². The summed E-state index contributed by atoms with van der Waals surface area (Å²) in [6, 6.07) is 65.7. The van der Waals surface area contributed by atoms with E-state index in [1.807, 2.05) is 72.8 Å². The molecule has 9 aromatic rings. The molecule has 0 spiro atoms. The van der Waals surface area contributed by atoms with E-state index in [2.05, 4.69) is 118 Å². The Kier molecular flexibility index (Phi) is 11.4. The van der Waals surface area contributed by atoms with E-state index in [0.29, 0.717) is 22.4 Å². The van der Waals surface area contributed by atoms with Crippen LogP contribution in [0.1, 0.15) is 50.8 Å². The summed E-state index contributed by atoms with van der Waals surface area (Å²) < 4.78 is 34.2. The molecule has 308 valence electrons. The monoisotopic (exact) mass is 1000 g/mol. The number of hydrogen-bond acceptors (Lipinski definition) is 4. The zero-order valence-corrected chi connectivity index (χ0v) is 37.3. The first-order chi connectivity index (χ1) is 32.6. The third kappa shape index (κ3) is 9.46. The number of aromatic nitrogens is 3. The molecular formula is C59H43IrN4. The Balaban J connectivity index is 0.00000578. The van der Waals surface area contributed by atoms with E-state index in [9.17, 15) is 5.26 Å². The molecule has 0 fully saturated rings. The van der Waals surface area contributed by atoms with Crippen molar-refractivity contribution in [2.24, 2.45) is 0 Å². The van der Waals surface area contributed by atoms with Crippen LogP contribution in [0.4, 0.5) is 0 Å². The fourth-order valence-corrected chi connectivity index (χ4v) is 8.29. The van der Waals surface area contributed by atoms with Gasteiger partial charge in [-0.2, -0.15) is 5.26 Å². The molecule has 10 rings (SSSR count). The minimum atomic E-state index is -1.83. The molecule has 1 aliphatic carbocycles. The van der Waals surface area contributed by atoms with Crippen LogP contribution in [0.2, 0.25) is 0 Å². The van der Waals surface area contributed by atoms with Gasteiger partial charge in [0.1, 0.15) is 0 Å². The Bertz CT molecular complexity index is 3160. The number of nitrogens with zero attached hydrogens (tertiary/aromatic N) is 4. The fraction of sp³-hybridized carbons (Fsp3) is 0.119. The molecular weight excluding hydrogens is 957 g/mol. The van der Waals surface area contributed by atoms with Crippen molar-refractivity contribution in [2.75, 3.05) is 0 Å². The van der Waals surface area contributed by atoms with Crippen molar-refractivity contribution in [1.29, 1.82) is 5.26 Å². The molecule has 1 aliphatic rings. The second-order valence-corrected chi connectivity index (χ2v) is 15.7. The smallest absolute Gasteiger partial charge is 0.305 e. The van der Waals surface area contributed by atoms with Gasteiger partial charge in [0.2, 0.25) is 0 Å². The number of hydrogen-bond donors (Lipinski definition) is 0. The Morgan fingerprint density at radius 2 is 1.08 bits per heavy atom. The number of nitriles is 1. The molecule has 0 amide bonds. The van der Waals surface area contributed by atoms with Gasteiger partial charge in [0.25, 0.3) is 0 Å². The van der Waals surface area contributed by atoms with Crippen LogP contribution < -0.4 is 0 Å². The van der Waals surface area contributed by atoms with Crippen molar-refractivity contribution in [3.8, 4) is 73.2 Å². The van der Waals surface area contributed by atoms with Gasteiger partial charge in [0.15, 0.2) is 0 Å². The third-order valence-corrected chi connectivity index (χ3v) is 11.6. The van der Waals surface area contributed by atoms with Crippen LogP contribution in [0.15, 0.2) is 176 Å². The summed E-state index contributed by atoms with van der Waals surface area (Å²) in [6.07, 6.45) is 4.54. The number of benzene rings is 6. The van der Waals surface area contributed by atoms with Gasteiger partial charge in [-0.3, -0.25) is 0 Å². The van der Waals surface area contributed by atoms with Gasteiger partial charge >= 0.3 is 20.1 Å².